The molecule has 0 amide bonds. The number of methoxy groups -OCH3 is 1. The molecule has 4 nitrogen and oxygen atoms in total. The lowest BCUT2D eigenvalue weighted by atomic mass is 10.1. The lowest BCUT2D eigenvalue weighted by molar-refractivity contribution is -0.138. The van der Waals surface area contributed by atoms with Crippen LogP contribution in [0.3, 0.4) is 0 Å². The summed E-state index contributed by atoms with van der Waals surface area (Å²) < 4.78 is 70.9. The van der Waals surface area contributed by atoms with Gasteiger partial charge in [-0.15, -0.1) is 0 Å². The Morgan fingerprint density at radius 2 is 1.73 bits per heavy atom. The third-order valence-corrected chi connectivity index (χ3v) is 5.21. The van der Waals surface area contributed by atoms with Gasteiger partial charge in [0.2, 0.25) is 0 Å². The summed E-state index contributed by atoms with van der Waals surface area (Å²) in [7, 11) is -2.87. The highest BCUT2D eigenvalue weighted by atomic mass is 32.2. The lowest BCUT2D eigenvalue weighted by Gasteiger charge is -2.14. The molecule has 0 radical (unpaired) electrons. The molecule has 0 spiro atoms. The summed E-state index contributed by atoms with van der Waals surface area (Å²) in [6, 6.07) is 9.32. The average Bonchev–Trinajstić information content (AvgIpc) is 2.59. The molecule has 2 rings (SSSR count). The quantitative estimate of drug-likeness (QED) is 0.738. The van der Waals surface area contributed by atoms with Crippen LogP contribution in [0.5, 0.6) is 5.75 Å². The molecule has 0 fully saturated rings. The second-order valence-corrected chi connectivity index (χ2v) is 7.45. The van der Waals surface area contributed by atoms with Crippen LogP contribution in [0, 0.1) is 0 Å². The van der Waals surface area contributed by atoms with Crippen molar-refractivity contribution in [3.05, 3.63) is 53.6 Å². The topological polar surface area (TPSA) is 55.4 Å². The van der Waals surface area contributed by atoms with Gasteiger partial charge in [0, 0.05) is 5.69 Å². The number of alkyl halides is 3. The number of rotatable bonds is 7. The molecule has 0 aliphatic rings. The highest BCUT2D eigenvalue weighted by Gasteiger charge is 2.34. The fraction of sp³-hybridized carbons (Fsp3) is 0.333. The molecule has 0 saturated carbocycles. The first-order valence-electron chi connectivity index (χ1n) is 8.04. The Morgan fingerprint density at radius 1 is 1.08 bits per heavy atom. The second kappa shape index (κ2) is 7.99. The summed E-state index contributed by atoms with van der Waals surface area (Å²) in [6.45, 7) is 2.06. The lowest BCUT2D eigenvalue weighted by Crippen LogP contribution is -2.14. The van der Waals surface area contributed by atoms with Gasteiger partial charge >= 0.3 is 6.18 Å². The Balaban J connectivity index is 2.26. The molecule has 0 unspecified atom stereocenters. The largest absolute Gasteiger partial charge is 0.496 e. The maximum absolute atomic E-state index is 13.1. The molecule has 1 N–H and O–H groups in total. The van der Waals surface area contributed by atoms with Crippen LogP contribution in [-0.4, -0.2) is 15.5 Å². The minimum absolute atomic E-state index is 0.0119. The van der Waals surface area contributed by atoms with E-state index in [1.165, 1.54) is 18.2 Å². The van der Waals surface area contributed by atoms with Crippen LogP contribution in [-0.2, 0) is 22.6 Å². The molecule has 8 heteroatoms. The van der Waals surface area contributed by atoms with Gasteiger partial charge in [0.1, 0.15) is 5.75 Å². The minimum Gasteiger partial charge on any atom is -0.496 e. The maximum atomic E-state index is 13.1. The van der Waals surface area contributed by atoms with E-state index in [1.54, 1.807) is 12.1 Å². The van der Waals surface area contributed by atoms with Crippen molar-refractivity contribution in [2.24, 2.45) is 0 Å². The van der Waals surface area contributed by atoms with Crippen LogP contribution in [0.1, 0.15) is 30.9 Å². The molecule has 0 saturated heterocycles. The van der Waals surface area contributed by atoms with E-state index in [9.17, 15) is 21.6 Å². The highest BCUT2D eigenvalue weighted by Crippen LogP contribution is 2.38. The van der Waals surface area contributed by atoms with E-state index < -0.39 is 21.8 Å². The van der Waals surface area contributed by atoms with Crippen LogP contribution >= 0.6 is 0 Å². The molecular formula is C18H20F3NO3S. The zero-order valence-electron chi connectivity index (χ0n) is 14.4. The average molecular weight is 387 g/mol. The van der Waals surface area contributed by atoms with Crippen molar-refractivity contribution >= 4 is 15.7 Å². The van der Waals surface area contributed by atoms with Crippen LogP contribution in [0.4, 0.5) is 18.9 Å². The van der Waals surface area contributed by atoms with Crippen LogP contribution in [0.2, 0.25) is 0 Å². The number of hydrogen-bond donors (Lipinski definition) is 1. The maximum Gasteiger partial charge on any atom is 0.420 e. The van der Waals surface area contributed by atoms with Crippen molar-refractivity contribution in [1.82, 2.24) is 0 Å². The number of benzene rings is 2. The minimum atomic E-state index is -4.66. The Morgan fingerprint density at radius 3 is 2.27 bits per heavy atom. The first kappa shape index (κ1) is 20.1. The normalized spacial score (nSPS) is 12.0. The summed E-state index contributed by atoms with van der Waals surface area (Å²) in [5.74, 6) is -0.374. The molecule has 0 aliphatic heterocycles. The molecular weight excluding hydrogens is 367 g/mol. The smallest absolute Gasteiger partial charge is 0.420 e. The summed E-state index contributed by atoms with van der Waals surface area (Å²) >= 11 is 0. The SMILES string of the molecule is CCCCc1ccc(S(=O)(=O)Nc2ccc(OC)c(C(F)(F)F)c2)cc1. The predicted molar refractivity (Wildman–Crippen MR) is 93.9 cm³/mol. The number of sulfonamides is 1. The van der Waals surface area contributed by atoms with E-state index >= 15 is 0 Å². The van der Waals surface area contributed by atoms with Crippen molar-refractivity contribution in [1.29, 1.82) is 0 Å². The van der Waals surface area contributed by atoms with E-state index in [4.69, 9.17) is 0 Å². The van der Waals surface area contributed by atoms with Crippen molar-refractivity contribution in [2.75, 3.05) is 11.8 Å². The molecule has 142 valence electrons. The van der Waals surface area contributed by atoms with Gasteiger partial charge in [-0.3, -0.25) is 4.72 Å². The fourth-order valence-corrected chi connectivity index (χ4v) is 3.47. The molecule has 0 aliphatic carbocycles. The van der Waals surface area contributed by atoms with E-state index in [-0.39, 0.29) is 16.3 Å². The number of anilines is 1. The monoisotopic (exact) mass is 387 g/mol. The third kappa shape index (κ3) is 4.91. The second-order valence-electron chi connectivity index (χ2n) is 5.77. The number of nitrogens with one attached hydrogen (secondary N) is 1. The fourth-order valence-electron chi connectivity index (χ4n) is 2.42. The zero-order valence-corrected chi connectivity index (χ0v) is 15.2. The first-order valence-corrected chi connectivity index (χ1v) is 9.52. The number of ether oxygens (including phenoxy) is 1. The standard InChI is InChI=1S/C18H20F3NO3S/c1-3-4-5-13-6-9-15(10-7-13)26(23,24)22-14-8-11-17(25-2)16(12-14)18(19,20)21/h6-12,22H,3-5H2,1-2H3. The molecule has 0 atom stereocenters. The Labute approximate surface area is 151 Å². The van der Waals surface area contributed by atoms with Crippen molar-refractivity contribution < 1.29 is 26.3 Å². The van der Waals surface area contributed by atoms with E-state index in [2.05, 4.69) is 16.4 Å². The Bertz CT molecular complexity index is 847. The highest BCUT2D eigenvalue weighted by molar-refractivity contribution is 7.92. The Kier molecular flexibility index (Phi) is 6.17. The van der Waals surface area contributed by atoms with Gasteiger partial charge in [0.05, 0.1) is 17.6 Å². The Hall–Kier alpha value is -2.22. The van der Waals surface area contributed by atoms with Gasteiger partial charge in [-0.2, -0.15) is 13.2 Å². The first-order chi connectivity index (χ1) is 12.2. The molecule has 0 heterocycles. The van der Waals surface area contributed by atoms with E-state index in [0.717, 1.165) is 38.0 Å². The van der Waals surface area contributed by atoms with Crippen LogP contribution in [0.25, 0.3) is 0 Å². The van der Waals surface area contributed by atoms with Gasteiger partial charge in [-0.05, 0) is 48.7 Å². The molecule has 0 bridgehead atoms. The van der Waals surface area contributed by atoms with Gasteiger partial charge in [0.15, 0.2) is 0 Å². The number of halogens is 3. The van der Waals surface area contributed by atoms with Crippen molar-refractivity contribution in [3.63, 3.8) is 0 Å². The zero-order chi connectivity index (χ0) is 19.4. The predicted octanol–water partition coefficient (Wildman–Crippen LogP) is 4.86. The summed E-state index contributed by atoms with van der Waals surface area (Å²) in [5, 5.41) is 0. The van der Waals surface area contributed by atoms with Crippen molar-refractivity contribution in [3.8, 4) is 5.75 Å². The molecule has 0 aromatic heterocycles. The van der Waals surface area contributed by atoms with Crippen LogP contribution < -0.4 is 9.46 Å². The van der Waals surface area contributed by atoms with E-state index in [1.807, 2.05) is 0 Å². The van der Waals surface area contributed by atoms with Crippen molar-refractivity contribution in [2.45, 2.75) is 37.3 Å². The number of hydrogen-bond acceptors (Lipinski definition) is 3. The van der Waals surface area contributed by atoms with Gasteiger partial charge in [-0.25, -0.2) is 8.42 Å². The van der Waals surface area contributed by atoms with E-state index in [0.29, 0.717) is 6.07 Å². The number of aryl methyl sites for hydroxylation is 1. The summed E-state index contributed by atoms with van der Waals surface area (Å²) in [4.78, 5) is -0.0119. The molecule has 2 aromatic carbocycles. The third-order valence-electron chi connectivity index (χ3n) is 3.81. The summed E-state index contributed by atoms with van der Waals surface area (Å²) in [5.41, 5.74) is -0.224. The summed E-state index contributed by atoms with van der Waals surface area (Å²) in [6.07, 6.45) is -1.79. The number of unbranched alkanes of at least 4 members (excludes halogenated alkanes) is 1. The van der Waals surface area contributed by atoms with Crippen LogP contribution in [0.15, 0.2) is 47.4 Å². The molecule has 2 aromatic rings. The molecule has 26 heavy (non-hydrogen) atoms. The van der Waals surface area contributed by atoms with Gasteiger partial charge < -0.3 is 4.74 Å². The van der Waals surface area contributed by atoms with Gasteiger partial charge in [-0.1, -0.05) is 25.5 Å². The van der Waals surface area contributed by atoms with Gasteiger partial charge in [0.25, 0.3) is 10.0 Å².